The van der Waals surface area contributed by atoms with E-state index in [1.165, 1.54) is 6.20 Å². The Hall–Kier alpha value is -0.893. The first kappa shape index (κ1) is 13.2. The SMILES string of the molecule is O=C([O-])c1cncc(C2CCOCC2)n1.[Li+]. The molecule has 0 saturated carbocycles. The minimum atomic E-state index is -1.28. The molecule has 0 aliphatic carbocycles. The number of nitrogens with zero attached hydrogens (tertiary/aromatic N) is 2. The average Bonchev–Trinajstić information content (AvgIpc) is 2.30. The molecular weight excluding hydrogens is 203 g/mol. The van der Waals surface area contributed by atoms with Crippen molar-refractivity contribution >= 4 is 5.97 Å². The maximum atomic E-state index is 10.6. The van der Waals surface area contributed by atoms with Crippen molar-refractivity contribution in [2.45, 2.75) is 18.8 Å². The van der Waals surface area contributed by atoms with Gasteiger partial charge in [0.25, 0.3) is 0 Å². The van der Waals surface area contributed by atoms with Crippen LogP contribution in [0.1, 0.15) is 34.9 Å². The Morgan fingerprint density at radius 2 is 2.06 bits per heavy atom. The van der Waals surface area contributed by atoms with Crippen molar-refractivity contribution in [2.75, 3.05) is 13.2 Å². The minimum absolute atomic E-state index is 0. The molecule has 0 bridgehead atoms. The van der Waals surface area contributed by atoms with E-state index in [-0.39, 0.29) is 30.5 Å². The van der Waals surface area contributed by atoms with Gasteiger partial charge in [-0.1, -0.05) is 0 Å². The summed E-state index contributed by atoms with van der Waals surface area (Å²) < 4.78 is 5.22. The second kappa shape index (κ2) is 5.99. The molecule has 1 aliphatic rings. The second-order valence-electron chi connectivity index (χ2n) is 3.50. The zero-order chi connectivity index (χ0) is 10.7. The van der Waals surface area contributed by atoms with Gasteiger partial charge in [0, 0.05) is 25.3 Å². The molecule has 0 N–H and O–H groups in total. The van der Waals surface area contributed by atoms with Crippen LogP contribution in [0.2, 0.25) is 0 Å². The number of ether oxygens (including phenoxy) is 1. The van der Waals surface area contributed by atoms with Crippen LogP contribution in [0.25, 0.3) is 0 Å². The maximum Gasteiger partial charge on any atom is 1.00 e. The molecule has 0 amide bonds. The van der Waals surface area contributed by atoms with Crippen molar-refractivity contribution in [3.05, 3.63) is 23.8 Å². The third-order valence-electron chi connectivity index (χ3n) is 2.50. The van der Waals surface area contributed by atoms with Crippen LogP contribution < -0.4 is 24.0 Å². The quantitative estimate of drug-likeness (QED) is 0.483. The molecule has 0 unspecified atom stereocenters. The summed E-state index contributed by atoms with van der Waals surface area (Å²) >= 11 is 0. The van der Waals surface area contributed by atoms with E-state index in [0.717, 1.165) is 18.5 Å². The smallest absolute Gasteiger partial charge is 0.543 e. The van der Waals surface area contributed by atoms with E-state index in [9.17, 15) is 9.90 Å². The van der Waals surface area contributed by atoms with Gasteiger partial charge >= 0.3 is 18.9 Å². The number of aromatic nitrogens is 2. The summed E-state index contributed by atoms with van der Waals surface area (Å²) in [6, 6.07) is 0. The molecule has 1 aromatic heterocycles. The molecule has 2 rings (SSSR count). The van der Waals surface area contributed by atoms with Crippen molar-refractivity contribution < 1.29 is 33.5 Å². The molecule has 0 atom stereocenters. The molecule has 1 aromatic rings. The second-order valence-corrected chi connectivity index (χ2v) is 3.50. The zero-order valence-corrected chi connectivity index (χ0v) is 9.18. The molecule has 5 nitrogen and oxygen atoms in total. The van der Waals surface area contributed by atoms with E-state index in [2.05, 4.69) is 9.97 Å². The number of carboxylic acid groups (broad SMARTS) is 1. The Morgan fingerprint density at radius 1 is 1.38 bits per heavy atom. The summed E-state index contributed by atoms with van der Waals surface area (Å²) in [5.74, 6) is -1.03. The fourth-order valence-electron chi connectivity index (χ4n) is 1.67. The molecular formula is C10H11LiN2O3. The Labute approximate surface area is 105 Å². The summed E-state index contributed by atoms with van der Waals surface area (Å²) in [5, 5.41) is 10.6. The number of rotatable bonds is 2. The van der Waals surface area contributed by atoms with Crippen LogP contribution >= 0.6 is 0 Å². The standard InChI is InChI=1S/C10H12N2O3.Li/c13-10(14)9-6-11-5-8(12-9)7-1-3-15-4-2-7;/h5-7H,1-4H2,(H,13,14);/q;+1/p-1. The number of hydrogen-bond acceptors (Lipinski definition) is 5. The van der Waals surface area contributed by atoms with Crippen LogP contribution in [0, 0.1) is 0 Å². The molecule has 0 spiro atoms. The summed E-state index contributed by atoms with van der Waals surface area (Å²) in [7, 11) is 0. The molecule has 0 radical (unpaired) electrons. The molecule has 6 heteroatoms. The van der Waals surface area contributed by atoms with Gasteiger partial charge in [0.15, 0.2) is 0 Å². The average molecular weight is 214 g/mol. The van der Waals surface area contributed by atoms with Crippen molar-refractivity contribution in [3.8, 4) is 0 Å². The van der Waals surface area contributed by atoms with E-state index in [1.54, 1.807) is 6.20 Å². The summed E-state index contributed by atoms with van der Waals surface area (Å²) in [5.41, 5.74) is 0.624. The van der Waals surface area contributed by atoms with Crippen LogP contribution in [0.4, 0.5) is 0 Å². The van der Waals surface area contributed by atoms with E-state index in [4.69, 9.17) is 4.74 Å². The van der Waals surface area contributed by atoms with Crippen molar-refractivity contribution in [1.82, 2.24) is 9.97 Å². The summed E-state index contributed by atoms with van der Waals surface area (Å²) in [6.07, 6.45) is 4.55. The molecule has 1 aliphatic heterocycles. The predicted octanol–water partition coefficient (Wildman–Crippen LogP) is -3.26. The number of carbonyl (C=O) groups is 1. The fourth-order valence-corrected chi connectivity index (χ4v) is 1.67. The van der Waals surface area contributed by atoms with Gasteiger partial charge in [-0.05, 0) is 12.8 Å². The molecule has 0 aromatic carbocycles. The van der Waals surface area contributed by atoms with Crippen LogP contribution in [-0.4, -0.2) is 29.2 Å². The van der Waals surface area contributed by atoms with Crippen LogP contribution in [0.15, 0.2) is 12.4 Å². The third kappa shape index (κ3) is 3.05. The van der Waals surface area contributed by atoms with Gasteiger partial charge in [0.05, 0.1) is 17.9 Å². The fraction of sp³-hybridized carbons (Fsp3) is 0.500. The Morgan fingerprint density at radius 3 is 2.69 bits per heavy atom. The summed E-state index contributed by atoms with van der Waals surface area (Å²) in [6.45, 7) is 1.39. The monoisotopic (exact) mass is 214 g/mol. The number of carboxylic acids is 1. The van der Waals surface area contributed by atoms with Gasteiger partial charge in [-0.3, -0.25) is 4.98 Å². The van der Waals surface area contributed by atoms with Crippen LogP contribution in [-0.2, 0) is 4.74 Å². The van der Waals surface area contributed by atoms with Gasteiger partial charge in [0.2, 0.25) is 0 Å². The van der Waals surface area contributed by atoms with Gasteiger partial charge in [-0.15, -0.1) is 0 Å². The minimum Gasteiger partial charge on any atom is -0.543 e. The Bertz CT molecular complexity index is 367. The molecule has 1 fully saturated rings. The first-order chi connectivity index (χ1) is 7.27. The van der Waals surface area contributed by atoms with Gasteiger partial charge < -0.3 is 14.6 Å². The maximum absolute atomic E-state index is 10.6. The number of carbonyl (C=O) groups excluding carboxylic acids is 1. The van der Waals surface area contributed by atoms with E-state index in [1.807, 2.05) is 0 Å². The number of aromatic carboxylic acids is 1. The van der Waals surface area contributed by atoms with Crippen LogP contribution in [0.5, 0.6) is 0 Å². The molecule has 16 heavy (non-hydrogen) atoms. The van der Waals surface area contributed by atoms with Gasteiger partial charge in [-0.25, -0.2) is 4.98 Å². The zero-order valence-electron chi connectivity index (χ0n) is 9.18. The van der Waals surface area contributed by atoms with Crippen molar-refractivity contribution in [2.24, 2.45) is 0 Å². The molecule has 1 saturated heterocycles. The largest absolute Gasteiger partial charge is 1.00 e. The first-order valence-corrected chi connectivity index (χ1v) is 4.88. The van der Waals surface area contributed by atoms with E-state index >= 15 is 0 Å². The van der Waals surface area contributed by atoms with E-state index in [0.29, 0.717) is 13.2 Å². The normalized spacial score (nSPS) is 16.5. The topological polar surface area (TPSA) is 75.1 Å². The first-order valence-electron chi connectivity index (χ1n) is 4.88. The van der Waals surface area contributed by atoms with Gasteiger partial charge in [0.1, 0.15) is 5.69 Å². The third-order valence-corrected chi connectivity index (χ3v) is 2.50. The predicted molar refractivity (Wildman–Crippen MR) is 49.2 cm³/mol. The summed E-state index contributed by atoms with van der Waals surface area (Å²) in [4.78, 5) is 18.5. The van der Waals surface area contributed by atoms with E-state index < -0.39 is 5.97 Å². The Balaban J connectivity index is 0.00000128. The van der Waals surface area contributed by atoms with Crippen molar-refractivity contribution in [1.29, 1.82) is 0 Å². The Kier molecular flexibility index (Phi) is 4.94. The molecule has 80 valence electrons. The number of hydrogen-bond donors (Lipinski definition) is 0. The van der Waals surface area contributed by atoms with Crippen molar-refractivity contribution in [3.63, 3.8) is 0 Å². The molecule has 2 heterocycles. The van der Waals surface area contributed by atoms with Gasteiger partial charge in [-0.2, -0.15) is 0 Å². The van der Waals surface area contributed by atoms with Crippen LogP contribution in [0.3, 0.4) is 0 Å².